The molecular formula is C32H43N5O7. The molecular weight excluding hydrogens is 566 g/mol. The van der Waals surface area contributed by atoms with Gasteiger partial charge in [0, 0.05) is 6.54 Å². The molecule has 5 N–H and O–H groups in total. The highest BCUT2D eigenvalue weighted by atomic mass is 16.5. The highest BCUT2D eigenvalue weighted by molar-refractivity contribution is 6.01. The maximum absolute atomic E-state index is 13.4. The average molecular weight is 610 g/mol. The summed E-state index contributed by atoms with van der Waals surface area (Å²) in [6, 6.07) is 12.0. The SMILES string of the molecule is COc1cccc(CCCNC(=O)[C@@H]2CC(=O)NC(C)(C)C(=O)N[C@H](C(C)C)C(=O)NCCOc3ccccc3C(=O)N2)c1. The number of fused-ring (bicyclic) bond motifs is 1. The number of hydrogen-bond donors (Lipinski definition) is 5. The number of nitrogens with one attached hydrogen (secondary N) is 5. The van der Waals surface area contributed by atoms with Crippen LogP contribution < -0.4 is 36.1 Å². The number of aryl methyl sites for hydroxylation is 1. The van der Waals surface area contributed by atoms with Crippen molar-refractivity contribution in [2.24, 2.45) is 5.92 Å². The fraction of sp³-hybridized carbons (Fsp3) is 0.469. The van der Waals surface area contributed by atoms with Crippen LogP contribution in [0.4, 0.5) is 0 Å². The third kappa shape index (κ3) is 9.72. The minimum atomic E-state index is -1.42. The normalized spacial score (nSPS) is 19.7. The van der Waals surface area contributed by atoms with Gasteiger partial charge in [0.15, 0.2) is 0 Å². The third-order valence-electron chi connectivity index (χ3n) is 7.13. The monoisotopic (exact) mass is 609 g/mol. The molecule has 3 rings (SSSR count). The van der Waals surface area contributed by atoms with Gasteiger partial charge in [0.25, 0.3) is 5.91 Å². The fourth-order valence-corrected chi connectivity index (χ4v) is 4.62. The summed E-state index contributed by atoms with van der Waals surface area (Å²) in [5.74, 6) is -2.03. The van der Waals surface area contributed by atoms with E-state index < -0.39 is 53.6 Å². The van der Waals surface area contributed by atoms with Crippen LogP contribution in [0.2, 0.25) is 0 Å². The number of carbonyl (C=O) groups excluding carboxylic acids is 5. The second kappa shape index (κ2) is 15.7. The Morgan fingerprint density at radius 1 is 1.07 bits per heavy atom. The molecule has 0 bridgehead atoms. The van der Waals surface area contributed by atoms with Crippen LogP contribution in [0.25, 0.3) is 0 Å². The summed E-state index contributed by atoms with van der Waals surface area (Å²) in [4.78, 5) is 65.8. The predicted molar refractivity (Wildman–Crippen MR) is 164 cm³/mol. The Kier molecular flexibility index (Phi) is 12.1. The quantitative estimate of drug-likeness (QED) is 0.297. The molecule has 2 aromatic rings. The first-order chi connectivity index (χ1) is 20.9. The molecule has 2 aromatic carbocycles. The number of rotatable bonds is 7. The molecule has 0 radical (unpaired) electrons. The minimum Gasteiger partial charge on any atom is -0.497 e. The van der Waals surface area contributed by atoms with Crippen LogP contribution in [-0.2, 0) is 25.6 Å². The molecule has 1 aliphatic heterocycles. The van der Waals surface area contributed by atoms with Crippen LogP contribution in [-0.4, -0.2) is 74.0 Å². The lowest BCUT2D eigenvalue weighted by atomic mass is 9.99. The molecule has 238 valence electrons. The van der Waals surface area contributed by atoms with E-state index in [1.54, 1.807) is 45.2 Å². The van der Waals surface area contributed by atoms with E-state index in [9.17, 15) is 24.0 Å². The van der Waals surface area contributed by atoms with Crippen molar-refractivity contribution in [1.29, 1.82) is 0 Å². The Morgan fingerprint density at radius 3 is 2.55 bits per heavy atom. The van der Waals surface area contributed by atoms with Crippen LogP contribution >= 0.6 is 0 Å². The van der Waals surface area contributed by atoms with Gasteiger partial charge >= 0.3 is 0 Å². The topological polar surface area (TPSA) is 164 Å². The second-order valence-electron chi connectivity index (χ2n) is 11.5. The van der Waals surface area contributed by atoms with Crippen LogP contribution in [0, 0.1) is 5.92 Å². The molecule has 44 heavy (non-hydrogen) atoms. The molecule has 0 aliphatic carbocycles. The molecule has 1 heterocycles. The molecule has 0 saturated heterocycles. The summed E-state index contributed by atoms with van der Waals surface area (Å²) >= 11 is 0. The summed E-state index contributed by atoms with van der Waals surface area (Å²) in [6.45, 7) is 7.06. The zero-order chi connectivity index (χ0) is 32.3. The van der Waals surface area contributed by atoms with Crippen molar-refractivity contribution in [1.82, 2.24) is 26.6 Å². The summed E-state index contributed by atoms with van der Waals surface area (Å²) in [6.07, 6.45) is 0.860. The Labute approximate surface area is 258 Å². The van der Waals surface area contributed by atoms with Crippen molar-refractivity contribution in [2.75, 3.05) is 26.8 Å². The number of hydrogen-bond acceptors (Lipinski definition) is 7. The zero-order valence-corrected chi connectivity index (χ0v) is 26.0. The van der Waals surface area contributed by atoms with Gasteiger partial charge in [-0.2, -0.15) is 0 Å². The van der Waals surface area contributed by atoms with Gasteiger partial charge in [0.2, 0.25) is 23.6 Å². The second-order valence-corrected chi connectivity index (χ2v) is 11.5. The first kappa shape index (κ1) is 33.9. The van der Waals surface area contributed by atoms with Crippen molar-refractivity contribution in [2.45, 2.75) is 64.6 Å². The number of carbonyl (C=O) groups is 5. The standard InChI is InChI=1S/C32H43N5O7/c1-20(2)27-30(41)34-16-17-44-25-14-7-6-13-23(25)28(39)35-24(19-26(38)37-32(3,4)31(42)36-27)29(40)33-15-9-11-21-10-8-12-22(18-21)43-5/h6-8,10,12-14,18,20,24,27H,9,11,15-17,19H2,1-5H3,(H,33,40)(H,34,41)(H,35,39)(H,36,42)(H,37,38)/t24-,27+/m0/s1. The zero-order valence-electron chi connectivity index (χ0n) is 26.0. The predicted octanol–water partition coefficient (Wildman–Crippen LogP) is 1.48. The Bertz CT molecular complexity index is 1340. The molecule has 0 spiro atoms. The largest absolute Gasteiger partial charge is 0.497 e. The highest BCUT2D eigenvalue weighted by Gasteiger charge is 2.35. The van der Waals surface area contributed by atoms with Crippen LogP contribution in [0.5, 0.6) is 11.5 Å². The van der Waals surface area contributed by atoms with Gasteiger partial charge in [0.05, 0.1) is 25.6 Å². The van der Waals surface area contributed by atoms with E-state index in [1.165, 1.54) is 13.8 Å². The number of amides is 5. The fourth-order valence-electron chi connectivity index (χ4n) is 4.62. The number of ether oxygens (including phenoxy) is 2. The molecule has 1 aliphatic rings. The summed E-state index contributed by atoms with van der Waals surface area (Å²) in [7, 11) is 1.60. The molecule has 0 saturated carbocycles. The van der Waals surface area contributed by atoms with Crippen molar-refractivity contribution in [3.63, 3.8) is 0 Å². The van der Waals surface area contributed by atoms with E-state index in [-0.39, 0.29) is 30.4 Å². The smallest absolute Gasteiger partial charge is 0.255 e. The number of benzene rings is 2. The Morgan fingerprint density at radius 2 is 1.82 bits per heavy atom. The summed E-state index contributed by atoms with van der Waals surface area (Å²) < 4.78 is 11.0. The molecule has 12 heteroatoms. The number of para-hydroxylation sites is 1. The Balaban J connectivity index is 1.80. The first-order valence-electron chi connectivity index (χ1n) is 14.7. The van der Waals surface area contributed by atoms with E-state index >= 15 is 0 Å². The van der Waals surface area contributed by atoms with Crippen LogP contribution in [0.15, 0.2) is 48.5 Å². The summed E-state index contributed by atoms with van der Waals surface area (Å²) in [5, 5.41) is 13.6. The summed E-state index contributed by atoms with van der Waals surface area (Å²) in [5.41, 5.74) is -0.215. The van der Waals surface area contributed by atoms with E-state index in [0.717, 1.165) is 11.3 Å². The molecule has 12 nitrogen and oxygen atoms in total. The molecule has 0 fully saturated rings. The van der Waals surface area contributed by atoms with E-state index in [4.69, 9.17) is 9.47 Å². The third-order valence-corrected chi connectivity index (χ3v) is 7.13. The number of methoxy groups -OCH3 is 1. The van der Waals surface area contributed by atoms with E-state index in [0.29, 0.717) is 19.4 Å². The van der Waals surface area contributed by atoms with Gasteiger partial charge in [-0.1, -0.05) is 38.1 Å². The lowest BCUT2D eigenvalue weighted by Crippen LogP contribution is -2.60. The average Bonchev–Trinajstić information content (AvgIpc) is 2.98. The van der Waals surface area contributed by atoms with E-state index in [1.807, 2.05) is 24.3 Å². The molecule has 0 unspecified atom stereocenters. The maximum atomic E-state index is 13.4. The highest BCUT2D eigenvalue weighted by Crippen LogP contribution is 2.19. The maximum Gasteiger partial charge on any atom is 0.255 e. The van der Waals surface area contributed by atoms with Crippen molar-refractivity contribution in [3.05, 3.63) is 59.7 Å². The van der Waals surface area contributed by atoms with Gasteiger partial charge in [-0.3, -0.25) is 24.0 Å². The van der Waals surface area contributed by atoms with Gasteiger partial charge in [-0.15, -0.1) is 0 Å². The minimum absolute atomic E-state index is 0.0531. The van der Waals surface area contributed by atoms with Crippen molar-refractivity contribution in [3.8, 4) is 11.5 Å². The van der Waals surface area contributed by atoms with Crippen molar-refractivity contribution < 1.29 is 33.4 Å². The lowest BCUT2D eigenvalue weighted by molar-refractivity contribution is -0.136. The van der Waals surface area contributed by atoms with E-state index in [2.05, 4.69) is 26.6 Å². The first-order valence-corrected chi connectivity index (χ1v) is 14.7. The van der Waals surface area contributed by atoms with Gasteiger partial charge in [0.1, 0.15) is 35.7 Å². The molecule has 5 amide bonds. The molecule has 2 atom stereocenters. The van der Waals surface area contributed by atoms with Gasteiger partial charge in [-0.25, -0.2) is 0 Å². The van der Waals surface area contributed by atoms with Crippen LogP contribution in [0.1, 0.15) is 56.5 Å². The Hall–Kier alpha value is -4.61. The van der Waals surface area contributed by atoms with Crippen molar-refractivity contribution >= 4 is 29.5 Å². The lowest BCUT2D eigenvalue weighted by Gasteiger charge is -2.30. The van der Waals surface area contributed by atoms with Gasteiger partial charge < -0.3 is 36.1 Å². The van der Waals surface area contributed by atoms with Gasteiger partial charge in [-0.05, 0) is 62.4 Å². The molecule has 0 aromatic heterocycles. The van der Waals surface area contributed by atoms with Crippen LogP contribution in [0.3, 0.4) is 0 Å².